The van der Waals surface area contributed by atoms with Crippen molar-refractivity contribution in [2.24, 2.45) is 5.41 Å². The van der Waals surface area contributed by atoms with Crippen LogP contribution in [-0.2, 0) is 14.8 Å². The second-order valence-corrected chi connectivity index (χ2v) is 11.6. The molecule has 0 radical (unpaired) electrons. The van der Waals surface area contributed by atoms with Crippen molar-refractivity contribution in [2.45, 2.75) is 27.7 Å². The van der Waals surface area contributed by atoms with Gasteiger partial charge in [0.2, 0.25) is 15.9 Å². The molecule has 33 heavy (non-hydrogen) atoms. The molecule has 0 saturated carbocycles. The van der Waals surface area contributed by atoms with Crippen LogP contribution in [0.1, 0.15) is 35.3 Å². The Morgan fingerprint density at radius 3 is 2.30 bits per heavy atom. The van der Waals surface area contributed by atoms with Crippen LogP contribution in [0.5, 0.6) is 0 Å². The van der Waals surface area contributed by atoms with Crippen LogP contribution in [0.15, 0.2) is 36.4 Å². The maximum absolute atomic E-state index is 13.3. The quantitative estimate of drug-likeness (QED) is 0.658. The molecule has 0 aromatic heterocycles. The minimum atomic E-state index is -3.81. The van der Waals surface area contributed by atoms with Crippen molar-refractivity contribution in [3.8, 4) is 0 Å². The van der Waals surface area contributed by atoms with E-state index in [0.717, 1.165) is 4.31 Å². The van der Waals surface area contributed by atoms with Gasteiger partial charge in [0.25, 0.3) is 5.91 Å². The molecular formula is C24H28ClN3O4S. The van der Waals surface area contributed by atoms with Crippen molar-refractivity contribution in [3.05, 3.63) is 58.1 Å². The van der Waals surface area contributed by atoms with Gasteiger partial charge in [0.1, 0.15) is 0 Å². The molecule has 2 aromatic rings. The number of nitrogens with zero attached hydrogens (tertiary/aromatic N) is 3. The third-order valence-electron chi connectivity index (χ3n) is 6.48. The highest BCUT2D eigenvalue weighted by Gasteiger charge is 2.50. The van der Waals surface area contributed by atoms with Crippen molar-refractivity contribution in [3.63, 3.8) is 0 Å². The van der Waals surface area contributed by atoms with Gasteiger partial charge in [-0.2, -0.15) is 0 Å². The van der Waals surface area contributed by atoms with Gasteiger partial charge in [0, 0.05) is 31.9 Å². The Balaban J connectivity index is 1.55. The van der Waals surface area contributed by atoms with Crippen LogP contribution in [0.25, 0.3) is 0 Å². The Labute approximate surface area is 200 Å². The van der Waals surface area contributed by atoms with Gasteiger partial charge in [-0.3, -0.25) is 9.59 Å². The first-order valence-corrected chi connectivity index (χ1v) is 12.9. The number of hydrogen-bond donors (Lipinski definition) is 0. The second kappa shape index (κ2) is 8.33. The molecule has 2 heterocycles. The lowest BCUT2D eigenvalue weighted by molar-refractivity contribution is -0.123. The molecule has 0 atom stereocenters. The summed E-state index contributed by atoms with van der Waals surface area (Å²) in [4.78, 5) is 30.0. The SMILES string of the molecule is Cc1cccc(N2CCN(C(=O)c3cc(N4C(=O)C(C)(C)CS4(=O)=O)ccc3Cl)CC2)c1C. The average Bonchev–Trinajstić information content (AvgIpc) is 2.92. The fourth-order valence-electron chi connectivity index (χ4n) is 4.46. The summed E-state index contributed by atoms with van der Waals surface area (Å²) in [5.41, 5.74) is 2.95. The Kier molecular flexibility index (Phi) is 5.95. The van der Waals surface area contributed by atoms with E-state index in [1.807, 2.05) is 6.07 Å². The largest absolute Gasteiger partial charge is 0.368 e. The number of halogens is 1. The Bertz CT molecular complexity index is 1230. The van der Waals surface area contributed by atoms with Gasteiger partial charge in [-0.05, 0) is 63.1 Å². The van der Waals surface area contributed by atoms with E-state index in [4.69, 9.17) is 11.6 Å². The topological polar surface area (TPSA) is 78.0 Å². The number of carbonyl (C=O) groups excluding carboxylic acids is 2. The van der Waals surface area contributed by atoms with Crippen molar-refractivity contribution in [2.75, 3.05) is 41.1 Å². The molecule has 0 bridgehead atoms. The average molecular weight is 490 g/mol. The van der Waals surface area contributed by atoms with Crippen molar-refractivity contribution < 1.29 is 18.0 Å². The molecule has 9 heteroatoms. The molecule has 2 aliphatic rings. The lowest BCUT2D eigenvalue weighted by atomic mass is 9.95. The minimum Gasteiger partial charge on any atom is -0.368 e. The van der Waals surface area contributed by atoms with Crippen LogP contribution in [0, 0.1) is 19.3 Å². The summed E-state index contributed by atoms with van der Waals surface area (Å²) in [5, 5.41) is 0.226. The van der Waals surface area contributed by atoms with Crippen LogP contribution in [0.2, 0.25) is 5.02 Å². The molecule has 2 aliphatic heterocycles. The number of amides is 2. The normalized spacial score (nSPS) is 19.8. The Morgan fingerprint density at radius 2 is 1.70 bits per heavy atom. The fourth-order valence-corrected chi connectivity index (χ4v) is 6.76. The van der Waals surface area contributed by atoms with Crippen LogP contribution < -0.4 is 9.21 Å². The lowest BCUT2D eigenvalue weighted by Crippen LogP contribution is -2.49. The summed E-state index contributed by atoms with van der Waals surface area (Å²) >= 11 is 6.33. The van der Waals surface area contributed by atoms with E-state index in [1.165, 1.54) is 35.0 Å². The van der Waals surface area contributed by atoms with Gasteiger partial charge >= 0.3 is 0 Å². The highest BCUT2D eigenvalue weighted by Crippen LogP contribution is 2.37. The lowest BCUT2D eigenvalue weighted by Gasteiger charge is -2.37. The molecule has 4 rings (SSSR count). The van der Waals surface area contributed by atoms with Crippen LogP contribution in [0.3, 0.4) is 0 Å². The van der Waals surface area contributed by atoms with Gasteiger partial charge in [0.05, 0.1) is 27.4 Å². The summed E-state index contributed by atoms with van der Waals surface area (Å²) < 4.78 is 26.1. The molecule has 176 valence electrons. The number of benzene rings is 2. The second-order valence-electron chi connectivity index (χ2n) is 9.37. The molecule has 2 fully saturated rings. The zero-order valence-electron chi connectivity index (χ0n) is 19.3. The maximum atomic E-state index is 13.3. The van der Waals surface area contributed by atoms with E-state index in [-0.39, 0.29) is 27.9 Å². The first-order chi connectivity index (χ1) is 15.4. The molecule has 2 saturated heterocycles. The molecule has 0 spiro atoms. The molecule has 7 nitrogen and oxygen atoms in total. The summed E-state index contributed by atoms with van der Waals surface area (Å²) in [6, 6.07) is 10.6. The molecule has 2 aromatic carbocycles. The number of aryl methyl sites for hydroxylation is 1. The standard InChI is InChI=1S/C24H28ClN3O4S/c1-16-6-5-7-21(17(16)2)26-10-12-27(13-11-26)22(29)19-14-18(8-9-20(19)25)28-23(30)24(3,4)15-33(28,31)32/h5-9,14H,10-13,15H2,1-4H3. The fraction of sp³-hybridized carbons (Fsp3) is 0.417. The van der Waals surface area contributed by atoms with E-state index < -0.39 is 21.3 Å². The molecule has 2 amide bonds. The van der Waals surface area contributed by atoms with Gasteiger partial charge in [-0.15, -0.1) is 0 Å². The monoisotopic (exact) mass is 489 g/mol. The predicted octanol–water partition coefficient (Wildman–Crippen LogP) is 3.62. The zero-order valence-corrected chi connectivity index (χ0v) is 20.8. The number of rotatable bonds is 3. The third kappa shape index (κ3) is 4.22. The van der Waals surface area contributed by atoms with Crippen molar-refractivity contribution in [1.29, 1.82) is 0 Å². The van der Waals surface area contributed by atoms with Crippen LogP contribution in [0.4, 0.5) is 11.4 Å². The summed E-state index contributed by atoms with van der Waals surface area (Å²) in [5.74, 6) is -1.05. The first kappa shape index (κ1) is 23.6. The predicted molar refractivity (Wildman–Crippen MR) is 131 cm³/mol. The summed E-state index contributed by atoms with van der Waals surface area (Å²) in [6.45, 7) is 9.78. The van der Waals surface area contributed by atoms with Gasteiger partial charge < -0.3 is 9.80 Å². The molecule has 0 N–H and O–H groups in total. The molecule has 0 aliphatic carbocycles. The minimum absolute atomic E-state index is 0.146. The first-order valence-electron chi connectivity index (χ1n) is 10.9. The van der Waals surface area contributed by atoms with Crippen molar-refractivity contribution >= 4 is 44.8 Å². The van der Waals surface area contributed by atoms with E-state index in [2.05, 4.69) is 30.9 Å². The third-order valence-corrected chi connectivity index (χ3v) is 8.83. The smallest absolute Gasteiger partial charge is 0.255 e. The number of sulfonamides is 1. The van der Waals surface area contributed by atoms with Gasteiger partial charge in [-0.1, -0.05) is 23.7 Å². The summed E-state index contributed by atoms with van der Waals surface area (Å²) in [7, 11) is -3.81. The summed E-state index contributed by atoms with van der Waals surface area (Å²) in [6.07, 6.45) is 0. The van der Waals surface area contributed by atoms with E-state index in [9.17, 15) is 18.0 Å². The Hall–Kier alpha value is -2.58. The van der Waals surface area contributed by atoms with Crippen LogP contribution >= 0.6 is 11.6 Å². The Morgan fingerprint density at radius 1 is 1.03 bits per heavy atom. The van der Waals surface area contributed by atoms with E-state index in [1.54, 1.807) is 18.7 Å². The number of carbonyl (C=O) groups is 2. The molecular weight excluding hydrogens is 462 g/mol. The number of piperazine rings is 1. The van der Waals surface area contributed by atoms with Gasteiger partial charge in [0.15, 0.2) is 0 Å². The van der Waals surface area contributed by atoms with E-state index >= 15 is 0 Å². The highest BCUT2D eigenvalue weighted by atomic mass is 35.5. The van der Waals surface area contributed by atoms with Gasteiger partial charge in [-0.25, -0.2) is 12.7 Å². The van der Waals surface area contributed by atoms with Crippen molar-refractivity contribution in [1.82, 2.24) is 4.90 Å². The van der Waals surface area contributed by atoms with E-state index in [0.29, 0.717) is 26.2 Å². The number of hydrogen-bond acceptors (Lipinski definition) is 5. The highest BCUT2D eigenvalue weighted by molar-refractivity contribution is 7.94. The molecule has 0 unspecified atom stereocenters. The maximum Gasteiger partial charge on any atom is 0.255 e. The van der Waals surface area contributed by atoms with Crippen LogP contribution in [-0.4, -0.2) is 57.1 Å². The zero-order chi connectivity index (χ0) is 24.1. The number of anilines is 2.